The summed E-state index contributed by atoms with van der Waals surface area (Å²) < 4.78 is 10.6. The van der Waals surface area contributed by atoms with Crippen LogP contribution in [0.4, 0.5) is 5.69 Å². The van der Waals surface area contributed by atoms with E-state index in [0.29, 0.717) is 0 Å². The van der Waals surface area contributed by atoms with E-state index in [2.05, 4.69) is 11.9 Å². The predicted octanol–water partition coefficient (Wildman–Crippen LogP) is 1.54. The lowest BCUT2D eigenvalue weighted by Crippen LogP contribution is -2.30. The molecule has 1 aromatic carbocycles. The van der Waals surface area contributed by atoms with Crippen molar-refractivity contribution < 1.29 is 9.47 Å². The second-order valence-electron chi connectivity index (χ2n) is 4.08. The number of benzene rings is 1. The lowest BCUT2D eigenvalue weighted by molar-refractivity contribution is 0.391. The first-order valence-electron chi connectivity index (χ1n) is 5.40. The molecule has 0 saturated carbocycles. The third kappa shape index (κ3) is 1.69. The first-order valence-corrected chi connectivity index (χ1v) is 5.40. The van der Waals surface area contributed by atoms with E-state index >= 15 is 0 Å². The molecule has 0 aliphatic carbocycles. The van der Waals surface area contributed by atoms with Crippen molar-refractivity contribution in [2.24, 2.45) is 5.73 Å². The Kier molecular flexibility index (Phi) is 2.92. The molecule has 1 heterocycles. The Balaban J connectivity index is 2.58. The van der Waals surface area contributed by atoms with Crippen LogP contribution in [0.25, 0.3) is 0 Å². The monoisotopic (exact) mass is 222 g/mol. The van der Waals surface area contributed by atoms with Crippen LogP contribution in [-0.4, -0.2) is 27.8 Å². The van der Waals surface area contributed by atoms with E-state index in [1.807, 2.05) is 12.1 Å². The molecule has 16 heavy (non-hydrogen) atoms. The summed E-state index contributed by atoms with van der Waals surface area (Å²) >= 11 is 0. The molecule has 0 fully saturated rings. The van der Waals surface area contributed by atoms with Crippen molar-refractivity contribution in [1.82, 2.24) is 0 Å². The van der Waals surface area contributed by atoms with Crippen LogP contribution in [0.1, 0.15) is 18.0 Å². The van der Waals surface area contributed by atoms with Gasteiger partial charge >= 0.3 is 0 Å². The summed E-state index contributed by atoms with van der Waals surface area (Å²) in [7, 11) is 5.38. The number of ether oxygens (including phenoxy) is 2. The Morgan fingerprint density at radius 2 is 2.06 bits per heavy atom. The van der Waals surface area contributed by atoms with Crippen LogP contribution >= 0.6 is 0 Å². The Labute approximate surface area is 95.9 Å². The van der Waals surface area contributed by atoms with Gasteiger partial charge < -0.3 is 20.1 Å². The molecule has 1 atom stereocenters. The highest BCUT2D eigenvalue weighted by Crippen LogP contribution is 2.41. The van der Waals surface area contributed by atoms with Crippen molar-refractivity contribution in [2.45, 2.75) is 12.5 Å². The molecule has 0 amide bonds. The summed E-state index contributed by atoms with van der Waals surface area (Å²) in [5, 5.41) is 0. The molecule has 0 radical (unpaired) electrons. The molecule has 0 saturated heterocycles. The van der Waals surface area contributed by atoms with Gasteiger partial charge in [-0.15, -0.1) is 0 Å². The van der Waals surface area contributed by atoms with E-state index in [-0.39, 0.29) is 6.04 Å². The van der Waals surface area contributed by atoms with Crippen LogP contribution in [0.5, 0.6) is 11.5 Å². The Morgan fingerprint density at radius 3 is 2.69 bits per heavy atom. The molecule has 4 nitrogen and oxygen atoms in total. The van der Waals surface area contributed by atoms with Gasteiger partial charge in [0.2, 0.25) is 0 Å². The Hall–Kier alpha value is -1.42. The van der Waals surface area contributed by atoms with Gasteiger partial charge in [0.25, 0.3) is 0 Å². The van der Waals surface area contributed by atoms with E-state index < -0.39 is 0 Å². The standard InChI is InChI=1S/C12H18N2O2/c1-14-5-4-10(13)9-6-8(15-2)7-11(16-3)12(9)14/h6-7,10H,4-5,13H2,1-3H3. The van der Waals surface area contributed by atoms with Gasteiger partial charge in [0.1, 0.15) is 11.5 Å². The summed E-state index contributed by atoms with van der Waals surface area (Å²) in [5.74, 6) is 1.62. The van der Waals surface area contributed by atoms with Gasteiger partial charge in [0, 0.05) is 25.7 Å². The molecule has 0 aromatic heterocycles. The fourth-order valence-corrected chi connectivity index (χ4v) is 2.17. The summed E-state index contributed by atoms with van der Waals surface area (Å²) in [6, 6.07) is 3.96. The highest BCUT2D eigenvalue weighted by Gasteiger charge is 2.24. The summed E-state index contributed by atoms with van der Waals surface area (Å²) in [5.41, 5.74) is 8.31. The second kappa shape index (κ2) is 4.22. The number of methoxy groups -OCH3 is 2. The molecular weight excluding hydrogens is 204 g/mol. The summed E-state index contributed by atoms with van der Waals surface area (Å²) in [6.45, 7) is 0.955. The van der Waals surface area contributed by atoms with Crippen molar-refractivity contribution >= 4 is 5.69 Å². The minimum absolute atomic E-state index is 0.0650. The Morgan fingerprint density at radius 1 is 1.31 bits per heavy atom. The maximum atomic E-state index is 6.12. The lowest BCUT2D eigenvalue weighted by Gasteiger charge is -2.33. The van der Waals surface area contributed by atoms with Crippen molar-refractivity contribution in [2.75, 3.05) is 32.7 Å². The minimum Gasteiger partial charge on any atom is -0.497 e. The van der Waals surface area contributed by atoms with E-state index in [0.717, 1.165) is 35.7 Å². The number of hydrogen-bond acceptors (Lipinski definition) is 4. The number of anilines is 1. The normalized spacial score (nSPS) is 19.2. The van der Waals surface area contributed by atoms with Crippen LogP contribution in [0.15, 0.2) is 12.1 Å². The third-order valence-corrected chi connectivity index (χ3v) is 3.09. The Bertz CT molecular complexity index is 393. The third-order valence-electron chi connectivity index (χ3n) is 3.09. The zero-order valence-electron chi connectivity index (χ0n) is 9.99. The van der Waals surface area contributed by atoms with Crippen LogP contribution in [-0.2, 0) is 0 Å². The van der Waals surface area contributed by atoms with E-state index in [4.69, 9.17) is 15.2 Å². The number of rotatable bonds is 2. The fourth-order valence-electron chi connectivity index (χ4n) is 2.17. The van der Waals surface area contributed by atoms with Crippen molar-refractivity contribution in [3.8, 4) is 11.5 Å². The second-order valence-corrected chi connectivity index (χ2v) is 4.08. The summed E-state index contributed by atoms with van der Waals surface area (Å²) in [6.07, 6.45) is 0.958. The van der Waals surface area contributed by atoms with Crippen molar-refractivity contribution in [1.29, 1.82) is 0 Å². The number of nitrogens with two attached hydrogens (primary N) is 1. The lowest BCUT2D eigenvalue weighted by atomic mass is 9.96. The van der Waals surface area contributed by atoms with Crippen LogP contribution in [0, 0.1) is 0 Å². The number of nitrogens with zero attached hydrogens (tertiary/aromatic N) is 1. The quantitative estimate of drug-likeness (QED) is 0.824. The molecule has 88 valence electrons. The van der Waals surface area contributed by atoms with Crippen molar-refractivity contribution in [3.63, 3.8) is 0 Å². The van der Waals surface area contributed by atoms with E-state index in [1.54, 1.807) is 14.2 Å². The van der Waals surface area contributed by atoms with Gasteiger partial charge in [-0.05, 0) is 18.1 Å². The van der Waals surface area contributed by atoms with Gasteiger partial charge in [-0.2, -0.15) is 0 Å². The summed E-state index contributed by atoms with van der Waals surface area (Å²) in [4.78, 5) is 2.18. The van der Waals surface area contributed by atoms with Gasteiger partial charge in [0.15, 0.2) is 0 Å². The van der Waals surface area contributed by atoms with Crippen LogP contribution < -0.4 is 20.1 Å². The maximum Gasteiger partial charge on any atom is 0.146 e. The average molecular weight is 222 g/mol. The zero-order valence-corrected chi connectivity index (χ0v) is 9.99. The molecular formula is C12H18N2O2. The molecule has 0 bridgehead atoms. The van der Waals surface area contributed by atoms with Gasteiger partial charge in [-0.3, -0.25) is 0 Å². The highest BCUT2D eigenvalue weighted by atomic mass is 16.5. The van der Waals surface area contributed by atoms with Gasteiger partial charge in [-0.25, -0.2) is 0 Å². The highest BCUT2D eigenvalue weighted by molar-refractivity contribution is 5.68. The largest absolute Gasteiger partial charge is 0.497 e. The molecule has 1 unspecified atom stereocenters. The topological polar surface area (TPSA) is 47.7 Å². The van der Waals surface area contributed by atoms with E-state index in [9.17, 15) is 0 Å². The molecule has 2 N–H and O–H groups in total. The van der Waals surface area contributed by atoms with Crippen LogP contribution in [0.3, 0.4) is 0 Å². The molecule has 1 aliphatic rings. The van der Waals surface area contributed by atoms with Crippen molar-refractivity contribution in [3.05, 3.63) is 17.7 Å². The van der Waals surface area contributed by atoms with Gasteiger partial charge in [0.05, 0.1) is 19.9 Å². The maximum absolute atomic E-state index is 6.12. The SMILES string of the molecule is COc1cc(OC)c2c(c1)C(N)CCN2C. The minimum atomic E-state index is 0.0650. The molecule has 1 aliphatic heterocycles. The van der Waals surface area contributed by atoms with Gasteiger partial charge in [-0.1, -0.05) is 0 Å². The zero-order chi connectivity index (χ0) is 11.7. The average Bonchev–Trinajstić information content (AvgIpc) is 2.32. The fraction of sp³-hybridized carbons (Fsp3) is 0.500. The molecule has 2 rings (SSSR count). The van der Waals surface area contributed by atoms with E-state index in [1.165, 1.54) is 0 Å². The first-order chi connectivity index (χ1) is 7.67. The van der Waals surface area contributed by atoms with Crippen LogP contribution in [0.2, 0.25) is 0 Å². The molecule has 0 spiro atoms. The number of fused-ring (bicyclic) bond motifs is 1. The molecule has 4 heteroatoms. The number of hydrogen-bond donors (Lipinski definition) is 1. The predicted molar refractivity (Wildman–Crippen MR) is 64.4 cm³/mol. The molecule has 1 aromatic rings. The smallest absolute Gasteiger partial charge is 0.146 e. The first kappa shape index (κ1) is 11.1.